The van der Waals surface area contributed by atoms with Gasteiger partial charge in [0.1, 0.15) is 28.4 Å². The number of nitrogens with two attached hydrogens (primary N) is 1. The first-order valence-electron chi connectivity index (χ1n) is 30.9. The average Bonchev–Trinajstić information content (AvgIpc) is 0.922. The van der Waals surface area contributed by atoms with Gasteiger partial charge in [-0.2, -0.15) is 15.0 Å². The number of carbonyl (C=O) groups is 1. The largest absolute Gasteiger partial charge is 0.396 e. The van der Waals surface area contributed by atoms with Gasteiger partial charge < -0.3 is 46.0 Å². The minimum absolute atomic E-state index is 0.0767. The van der Waals surface area contributed by atoms with Crippen molar-refractivity contribution >= 4 is 183 Å². The number of rotatable bonds is 26. The molecule has 31 heteroatoms. The number of carbonyl (C=O) groups excluding carboxylic acids is 1. The summed E-state index contributed by atoms with van der Waals surface area (Å²) >= 11 is 32.6. The van der Waals surface area contributed by atoms with E-state index in [1.54, 1.807) is 43.2 Å². The normalized spacial score (nSPS) is 10.3. The summed E-state index contributed by atoms with van der Waals surface area (Å²) in [5.74, 6) is 4.99. The van der Waals surface area contributed by atoms with Crippen molar-refractivity contribution in [1.82, 2.24) is 59.8 Å². The summed E-state index contributed by atoms with van der Waals surface area (Å²) in [6.07, 6.45) is 21.1. The molecule has 0 unspecified atom stereocenters. The Morgan fingerprint density at radius 3 is 1.21 bits per heavy atom. The number of hydrogen-bond donors (Lipinski definition) is 4. The Hall–Kier alpha value is -6.72. The van der Waals surface area contributed by atoms with Gasteiger partial charge in [0.2, 0.25) is 21.1 Å². The molecule has 8 aromatic rings. The monoisotopic (exact) mass is 1660 g/mol. The smallest absolute Gasteiger partial charge is 0.224 e. The number of ether oxygens (including phenoxy) is 2. The van der Waals surface area contributed by atoms with Gasteiger partial charge in [-0.25, -0.2) is 44.9 Å². The third-order valence-electron chi connectivity index (χ3n) is 13.5. The quantitative estimate of drug-likeness (QED) is 0.0129. The van der Waals surface area contributed by atoms with Gasteiger partial charge in [-0.3, -0.25) is 4.79 Å². The maximum Gasteiger partial charge on any atom is 0.224 e. The number of unbranched alkanes of at least 4 members (excludes halogenated alkanes) is 3. The van der Waals surface area contributed by atoms with E-state index in [-0.39, 0.29) is 26.9 Å². The molecule has 0 aliphatic heterocycles. The first kappa shape index (κ1) is 84.5. The van der Waals surface area contributed by atoms with Crippen LogP contribution in [0.15, 0.2) is 124 Å². The number of ketones is 1. The average molecular weight is 1670 g/mol. The van der Waals surface area contributed by atoms with E-state index in [1.807, 2.05) is 125 Å². The van der Waals surface area contributed by atoms with Crippen molar-refractivity contribution in [2.24, 2.45) is 0 Å². The van der Waals surface area contributed by atoms with Crippen LogP contribution < -0.4 is 41.3 Å². The molecular weight excluding hydrogens is 1580 g/mol. The summed E-state index contributed by atoms with van der Waals surface area (Å²) in [5.41, 5.74) is 9.74. The Bertz CT molecular complexity index is 3710. The topological polar surface area (TPSA) is 265 Å². The van der Waals surface area contributed by atoms with E-state index >= 15 is 0 Å². The van der Waals surface area contributed by atoms with Crippen LogP contribution in [0.5, 0.6) is 0 Å². The van der Waals surface area contributed by atoms with Crippen LogP contribution in [0.3, 0.4) is 0 Å². The molecule has 0 bridgehead atoms. The molecule has 0 atom stereocenters. The molecule has 0 saturated heterocycles. The molecule has 0 fully saturated rings. The Morgan fingerprint density at radius 1 is 0.495 bits per heavy atom. The van der Waals surface area contributed by atoms with Gasteiger partial charge in [0, 0.05) is 106 Å². The zero-order valence-electron chi connectivity index (χ0n) is 57.5. The van der Waals surface area contributed by atoms with Gasteiger partial charge in [0.25, 0.3) is 0 Å². The molecule has 97 heavy (non-hydrogen) atoms. The van der Waals surface area contributed by atoms with Crippen molar-refractivity contribution in [1.29, 1.82) is 0 Å². The molecule has 8 aromatic heterocycles. The van der Waals surface area contributed by atoms with Crippen LogP contribution in [-0.2, 0) is 9.47 Å². The molecule has 0 aromatic carbocycles. The van der Waals surface area contributed by atoms with E-state index in [0.29, 0.717) is 56.3 Å². The van der Waals surface area contributed by atoms with Crippen molar-refractivity contribution in [2.75, 3.05) is 111 Å². The molecule has 0 radical (unpaired) electrons. The Balaban J connectivity index is 0.000000310. The summed E-state index contributed by atoms with van der Waals surface area (Å²) in [7, 11) is 15.3. The van der Waals surface area contributed by atoms with Gasteiger partial charge in [-0.1, -0.05) is 18.2 Å². The zero-order chi connectivity index (χ0) is 72.2. The van der Waals surface area contributed by atoms with Crippen molar-refractivity contribution < 1.29 is 14.3 Å². The van der Waals surface area contributed by atoms with Crippen LogP contribution in [0.1, 0.15) is 96.0 Å². The summed E-state index contributed by atoms with van der Waals surface area (Å²) in [4.78, 5) is 67.6. The molecule has 0 aliphatic carbocycles. The second-order valence-corrected chi connectivity index (χ2v) is 38.4. The van der Waals surface area contributed by atoms with E-state index < -0.39 is 18.4 Å². The van der Waals surface area contributed by atoms with Crippen LogP contribution >= 0.6 is 89.9 Å². The summed E-state index contributed by atoms with van der Waals surface area (Å²) in [6, 6.07) is 14.8. The van der Waals surface area contributed by atoms with E-state index in [9.17, 15) is 4.79 Å². The van der Waals surface area contributed by atoms with Gasteiger partial charge >= 0.3 is 120 Å². The van der Waals surface area contributed by atoms with E-state index in [1.165, 1.54) is 74.9 Å². The summed E-state index contributed by atoms with van der Waals surface area (Å²) < 4.78 is 18.4. The Kier molecular flexibility index (Phi) is 39.2. The third-order valence-corrected chi connectivity index (χ3v) is 30.9. The number of halogens is 7. The fourth-order valence-electron chi connectivity index (χ4n) is 8.77. The van der Waals surface area contributed by atoms with E-state index in [2.05, 4.69) is 148 Å². The van der Waals surface area contributed by atoms with Crippen LogP contribution in [0.2, 0.25) is 39.6 Å². The van der Waals surface area contributed by atoms with Crippen LogP contribution in [0.4, 0.5) is 63.5 Å². The second kappa shape index (κ2) is 45.0. The number of anilines is 11. The van der Waals surface area contributed by atoms with Crippen molar-refractivity contribution in [3.63, 3.8) is 0 Å². The molecule has 8 heterocycles. The predicted molar refractivity (Wildman–Crippen MR) is 413 cm³/mol. The predicted octanol–water partition coefficient (Wildman–Crippen LogP) is 18.2. The number of hydrogen-bond acceptors (Lipinski definition) is 23. The second-order valence-electron chi connectivity index (χ2n) is 21.8. The fourth-order valence-corrected chi connectivity index (χ4v) is 24.6. The molecular formula is C66H89Br2Cl5N20O3Sn. The van der Waals surface area contributed by atoms with Crippen LogP contribution in [0.25, 0.3) is 5.76 Å². The van der Waals surface area contributed by atoms with Gasteiger partial charge in [0.05, 0.1) is 49.4 Å². The summed E-state index contributed by atoms with van der Waals surface area (Å²) in [6.45, 7) is 21.9. The first-order valence-corrected chi connectivity index (χ1v) is 41.9. The van der Waals surface area contributed by atoms with E-state index in [0.717, 1.165) is 51.4 Å². The first-order chi connectivity index (χ1) is 46.2. The minimum Gasteiger partial charge on any atom is -0.396 e. The summed E-state index contributed by atoms with van der Waals surface area (Å²) in [5, 5.41) is 10.4. The number of Topliss-reactive ketones (excluding diaryl/α,β-unsaturated/α-hetero) is 1. The SMILES string of the molecule is C=C(OCC)c1cnc(Cl)nc1Nc1cccnc1N(C)C.C=[C](OCC)[Sn]([CH2]CCC)([CH2]CCC)[CH2]CCC.CC(=O)c1cnc(Cl)nc1Nc1cccnc1N(C)C.CN(C)c1ncccc1N.CN(C)c1ncccc1Nc1nc(Cl)ncc1Br.Clc1ncc(Br)c(Cl)n1. The minimum atomic E-state index is -2.24. The van der Waals surface area contributed by atoms with Gasteiger partial charge in [-0.05, 0) is 141 Å². The molecule has 0 amide bonds. The molecule has 0 saturated carbocycles. The number of nitrogens with one attached hydrogen (secondary N) is 3. The van der Waals surface area contributed by atoms with Crippen molar-refractivity contribution in [3.8, 4) is 0 Å². The fraction of sp³-hybridized carbons (Fsp3) is 0.379. The Morgan fingerprint density at radius 2 is 0.845 bits per heavy atom. The van der Waals surface area contributed by atoms with E-state index in [4.69, 9.17) is 73.2 Å². The van der Waals surface area contributed by atoms with Crippen LogP contribution in [-0.4, -0.2) is 154 Å². The van der Waals surface area contributed by atoms with Crippen LogP contribution in [0, 0.1) is 0 Å². The maximum atomic E-state index is 11.6. The number of pyridine rings is 4. The molecule has 524 valence electrons. The van der Waals surface area contributed by atoms with Gasteiger partial charge in [-0.15, -0.1) is 0 Å². The molecule has 23 nitrogen and oxygen atoms in total. The number of nitrogen functional groups attached to an aromatic ring is 1. The third kappa shape index (κ3) is 29.3. The standard InChI is InChI=1S/C15H18ClN5O.C13H14ClN5O.C11H11BrClN5.C7H11N3.C4HBrCl2N2.C4H7O.3C4H9.Sn/c1-5-22-10(2)11-9-18-15(16)20-13(11)19-12-7-6-8-17-14(12)21(3)4;1-8(20)9-7-16-13(14)18-11(9)17-10-5-4-6-15-12(10)19(2)3;1-18(2)10-8(4-3-5-14-10)16-9-7(12)6-15-11(13)17-9;1-10(2)7-6(8)4-3-5-9-7;5-2-1-8-4(7)9-3(2)6;1-3-5-4-2;3*1-3-4-2;/h6-9H,2,5H2,1,3-4H3,(H,18,19,20);4-7H,1-3H3,(H,16,17,18);3-6H,1-2H3,(H,15,16,17);3-5H,8H2,1-2H3;1H;1,4H2,2H3;3*1,3-4H2,2H3;. The van der Waals surface area contributed by atoms with Gasteiger partial charge in [0.15, 0.2) is 29.1 Å². The van der Waals surface area contributed by atoms with Crippen molar-refractivity contribution in [3.05, 3.63) is 161 Å². The number of nitrogens with zero attached hydrogens (tertiary/aromatic N) is 16. The number of aromatic nitrogens is 12. The molecule has 8 rings (SSSR count). The molecule has 5 N–H and O–H groups in total. The Labute approximate surface area is 617 Å². The van der Waals surface area contributed by atoms with Crippen molar-refractivity contribution in [2.45, 2.75) is 93.4 Å². The molecule has 0 spiro atoms. The molecule has 0 aliphatic rings. The maximum absolute atomic E-state index is 11.6. The zero-order valence-corrected chi connectivity index (χ0v) is 67.3.